The predicted molar refractivity (Wildman–Crippen MR) is 64.1 cm³/mol. The highest BCUT2D eigenvalue weighted by Crippen LogP contribution is 2.11. The third-order valence-electron chi connectivity index (χ3n) is 1.72. The molecule has 0 aliphatic heterocycles. The number of hydrogen-bond acceptors (Lipinski definition) is 2. The molecule has 0 atom stereocenters. The molecule has 1 N–H and O–H groups in total. The first-order valence-corrected chi connectivity index (χ1v) is 5.46. The highest BCUT2D eigenvalue weighted by molar-refractivity contribution is 6.30. The molecule has 88 valence electrons. The lowest BCUT2D eigenvalue weighted by Crippen LogP contribution is -2.34. The van der Waals surface area contributed by atoms with E-state index >= 15 is 0 Å². The van der Waals surface area contributed by atoms with E-state index in [1.807, 2.05) is 32.9 Å². The zero-order chi connectivity index (χ0) is 12.2. The molecule has 0 aliphatic rings. The molecule has 0 bridgehead atoms. The van der Waals surface area contributed by atoms with Crippen molar-refractivity contribution >= 4 is 17.5 Å². The smallest absolute Gasteiger partial charge is 0.247 e. The van der Waals surface area contributed by atoms with Crippen LogP contribution < -0.4 is 5.48 Å². The molecule has 0 aromatic heterocycles. The second-order valence-electron chi connectivity index (χ2n) is 4.55. The van der Waals surface area contributed by atoms with Crippen LogP contribution in [-0.2, 0) is 16.1 Å². The van der Waals surface area contributed by atoms with Crippen LogP contribution in [0.4, 0.5) is 0 Å². The molecule has 1 aromatic rings. The molecule has 0 unspecified atom stereocenters. The van der Waals surface area contributed by atoms with Crippen molar-refractivity contribution in [3.63, 3.8) is 0 Å². The number of carbonyl (C=O) groups excluding carboxylic acids is 1. The predicted octanol–water partition coefficient (Wildman–Crippen LogP) is 2.73. The van der Waals surface area contributed by atoms with E-state index in [-0.39, 0.29) is 17.9 Å². The number of hydroxylamine groups is 1. The Hall–Kier alpha value is -1.06. The van der Waals surface area contributed by atoms with Gasteiger partial charge < -0.3 is 0 Å². The lowest BCUT2D eigenvalue weighted by molar-refractivity contribution is -0.144. The summed E-state index contributed by atoms with van der Waals surface area (Å²) < 4.78 is 0. The largest absolute Gasteiger partial charge is 0.272 e. The Morgan fingerprint density at radius 2 is 2.12 bits per heavy atom. The molecule has 0 heterocycles. The fourth-order valence-corrected chi connectivity index (χ4v) is 1.29. The molecule has 16 heavy (non-hydrogen) atoms. The maximum absolute atomic E-state index is 11.5. The van der Waals surface area contributed by atoms with Gasteiger partial charge in [-0.25, -0.2) is 5.48 Å². The Morgan fingerprint density at radius 3 is 2.69 bits per heavy atom. The Morgan fingerprint density at radius 1 is 1.44 bits per heavy atom. The lowest BCUT2D eigenvalue weighted by atomic mass is 10.1. The van der Waals surface area contributed by atoms with Gasteiger partial charge in [0, 0.05) is 5.02 Å². The molecule has 0 saturated heterocycles. The summed E-state index contributed by atoms with van der Waals surface area (Å²) in [6, 6.07) is 7.20. The summed E-state index contributed by atoms with van der Waals surface area (Å²) in [6.45, 7) is 5.60. The van der Waals surface area contributed by atoms with Crippen molar-refractivity contribution in [3.05, 3.63) is 34.9 Å². The fraction of sp³-hybridized carbons (Fsp3) is 0.417. The summed E-state index contributed by atoms with van der Waals surface area (Å²) in [7, 11) is 0. The maximum atomic E-state index is 11.5. The van der Waals surface area contributed by atoms with Crippen molar-refractivity contribution in [1.29, 1.82) is 0 Å². The van der Waals surface area contributed by atoms with Crippen molar-refractivity contribution in [1.82, 2.24) is 5.48 Å². The molecule has 0 aliphatic carbocycles. The minimum atomic E-state index is -0.385. The topological polar surface area (TPSA) is 38.3 Å². The molecule has 3 nitrogen and oxygen atoms in total. The number of benzene rings is 1. The highest BCUT2D eigenvalue weighted by Gasteiger charge is 2.12. The first kappa shape index (κ1) is 13.0. The second-order valence-corrected chi connectivity index (χ2v) is 4.98. The summed E-state index contributed by atoms with van der Waals surface area (Å²) in [5.41, 5.74) is 2.89. The van der Waals surface area contributed by atoms with Crippen molar-refractivity contribution in [2.24, 2.45) is 0 Å². The van der Waals surface area contributed by atoms with Crippen LogP contribution in [0.25, 0.3) is 0 Å². The van der Waals surface area contributed by atoms with Crippen molar-refractivity contribution < 1.29 is 9.63 Å². The number of amides is 1. The zero-order valence-electron chi connectivity index (χ0n) is 9.71. The van der Waals surface area contributed by atoms with E-state index < -0.39 is 0 Å². The first-order chi connectivity index (χ1) is 7.37. The van der Waals surface area contributed by atoms with Crippen molar-refractivity contribution in [2.45, 2.75) is 32.8 Å². The van der Waals surface area contributed by atoms with Gasteiger partial charge in [-0.2, -0.15) is 0 Å². The monoisotopic (exact) mass is 241 g/mol. The van der Waals surface area contributed by atoms with E-state index in [1.54, 1.807) is 12.1 Å². The van der Waals surface area contributed by atoms with Gasteiger partial charge >= 0.3 is 0 Å². The Kier molecular flexibility index (Phi) is 4.33. The van der Waals surface area contributed by atoms with Gasteiger partial charge in [0.25, 0.3) is 0 Å². The molecular weight excluding hydrogens is 226 g/mol. The van der Waals surface area contributed by atoms with Crippen LogP contribution in [-0.4, -0.2) is 11.5 Å². The molecule has 0 saturated carbocycles. The van der Waals surface area contributed by atoms with Crippen molar-refractivity contribution in [3.8, 4) is 0 Å². The van der Waals surface area contributed by atoms with Crippen molar-refractivity contribution in [2.75, 3.05) is 0 Å². The van der Waals surface area contributed by atoms with Gasteiger partial charge in [0.05, 0.1) is 12.0 Å². The van der Waals surface area contributed by atoms with Crippen LogP contribution in [0.15, 0.2) is 24.3 Å². The number of halogens is 1. The minimum absolute atomic E-state index is 0.183. The summed E-state index contributed by atoms with van der Waals surface area (Å²) in [4.78, 5) is 16.7. The van der Waals surface area contributed by atoms with Gasteiger partial charge in [0.2, 0.25) is 5.91 Å². The number of carbonyl (C=O) groups is 1. The molecule has 1 amide bonds. The quantitative estimate of drug-likeness (QED) is 0.827. The van der Waals surface area contributed by atoms with E-state index in [4.69, 9.17) is 16.4 Å². The van der Waals surface area contributed by atoms with Crippen LogP contribution >= 0.6 is 11.6 Å². The van der Waals surface area contributed by atoms with Crippen LogP contribution in [0.1, 0.15) is 26.3 Å². The van der Waals surface area contributed by atoms with Gasteiger partial charge in [0.15, 0.2) is 0 Å². The number of hydrogen-bond donors (Lipinski definition) is 1. The molecule has 1 aromatic carbocycles. The van der Waals surface area contributed by atoms with Gasteiger partial charge in [-0.1, -0.05) is 23.7 Å². The standard InChI is InChI=1S/C12H16ClNO2/c1-12(2,3)16-14-11(15)8-9-5-4-6-10(13)7-9/h4-7H,8H2,1-3H3,(H,14,15). The molecule has 0 radical (unpaired) electrons. The number of rotatable bonds is 3. The van der Waals surface area contributed by atoms with Gasteiger partial charge in [-0.15, -0.1) is 0 Å². The second kappa shape index (κ2) is 5.32. The number of nitrogens with one attached hydrogen (secondary N) is 1. The van der Waals surface area contributed by atoms with E-state index in [2.05, 4.69) is 5.48 Å². The Bertz CT molecular complexity index is 372. The van der Waals surface area contributed by atoms with Crippen LogP contribution in [0.5, 0.6) is 0 Å². The third-order valence-corrected chi connectivity index (χ3v) is 1.96. The summed E-state index contributed by atoms with van der Waals surface area (Å²) in [5.74, 6) is -0.183. The summed E-state index contributed by atoms with van der Waals surface area (Å²) >= 11 is 5.81. The Labute approximate surface area is 101 Å². The molecule has 4 heteroatoms. The third kappa shape index (κ3) is 5.14. The SMILES string of the molecule is CC(C)(C)ONC(=O)Cc1cccc(Cl)c1. The average Bonchev–Trinajstić information content (AvgIpc) is 2.14. The lowest BCUT2D eigenvalue weighted by Gasteiger charge is -2.18. The van der Waals surface area contributed by atoms with E-state index in [0.717, 1.165) is 5.56 Å². The first-order valence-electron chi connectivity index (χ1n) is 5.08. The normalized spacial score (nSPS) is 11.2. The van der Waals surface area contributed by atoms with Crippen LogP contribution in [0.3, 0.4) is 0 Å². The average molecular weight is 242 g/mol. The maximum Gasteiger partial charge on any atom is 0.247 e. The molecule has 0 spiro atoms. The van der Waals surface area contributed by atoms with Gasteiger partial charge in [0.1, 0.15) is 0 Å². The van der Waals surface area contributed by atoms with Gasteiger partial charge in [-0.3, -0.25) is 9.63 Å². The molecular formula is C12H16ClNO2. The molecule has 1 rings (SSSR count). The highest BCUT2D eigenvalue weighted by atomic mass is 35.5. The van der Waals surface area contributed by atoms with E-state index in [9.17, 15) is 4.79 Å². The Balaban J connectivity index is 2.46. The summed E-state index contributed by atoms with van der Waals surface area (Å²) in [6.07, 6.45) is 0.261. The van der Waals surface area contributed by atoms with E-state index in [0.29, 0.717) is 5.02 Å². The fourth-order valence-electron chi connectivity index (χ4n) is 1.08. The van der Waals surface area contributed by atoms with E-state index in [1.165, 1.54) is 0 Å². The van der Waals surface area contributed by atoms with Gasteiger partial charge in [-0.05, 0) is 38.5 Å². The van der Waals surface area contributed by atoms with Crippen LogP contribution in [0.2, 0.25) is 5.02 Å². The summed E-state index contributed by atoms with van der Waals surface area (Å²) in [5, 5.41) is 0.627. The molecule has 0 fully saturated rings. The van der Waals surface area contributed by atoms with Crippen LogP contribution in [0, 0.1) is 0 Å². The minimum Gasteiger partial charge on any atom is -0.272 e. The zero-order valence-corrected chi connectivity index (χ0v) is 10.5.